The number of ether oxygens (including phenoxy) is 1. The van der Waals surface area contributed by atoms with E-state index in [2.05, 4.69) is 0 Å². The van der Waals surface area contributed by atoms with Crippen LogP contribution in [0.5, 0.6) is 11.5 Å². The molecule has 5 heteroatoms. The van der Waals surface area contributed by atoms with Crippen LogP contribution in [-0.4, -0.2) is 4.92 Å². The Kier molecular flexibility index (Phi) is 3.44. The maximum Gasteiger partial charge on any atom is 0.314 e. The first-order valence-corrected chi connectivity index (χ1v) is 5.54. The molecule has 2 aromatic rings. The van der Waals surface area contributed by atoms with Gasteiger partial charge in [-0.3, -0.25) is 10.1 Å². The number of hydrogen-bond acceptors (Lipinski definition) is 4. The second-order valence-electron chi connectivity index (χ2n) is 3.92. The molecule has 19 heavy (non-hydrogen) atoms. The summed E-state index contributed by atoms with van der Waals surface area (Å²) in [4.78, 5) is 10.6. The maximum atomic E-state index is 11.0. The van der Waals surface area contributed by atoms with Crippen LogP contribution in [0.1, 0.15) is 11.1 Å². The van der Waals surface area contributed by atoms with Gasteiger partial charge in [0.05, 0.1) is 16.6 Å². The third kappa shape index (κ3) is 2.69. The molecule has 2 rings (SSSR count). The van der Waals surface area contributed by atoms with Gasteiger partial charge in [-0.2, -0.15) is 5.26 Å². The molecule has 0 amide bonds. The Labute approximate surface area is 109 Å². The molecule has 0 unspecified atom stereocenters. The fraction of sp³-hybridized carbons (Fsp3) is 0.0714. The van der Waals surface area contributed by atoms with Gasteiger partial charge in [0.2, 0.25) is 5.75 Å². The van der Waals surface area contributed by atoms with E-state index in [0.29, 0.717) is 16.9 Å². The van der Waals surface area contributed by atoms with E-state index in [0.717, 1.165) is 0 Å². The lowest BCUT2D eigenvalue weighted by Crippen LogP contribution is -1.96. The van der Waals surface area contributed by atoms with Gasteiger partial charge < -0.3 is 4.74 Å². The summed E-state index contributed by atoms with van der Waals surface area (Å²) in [5, 5.41) is 19.8. The van der Waals surface area contributed by atoms with Crippen LogP contribution in [0, 0.1) is 28.4 Å². The Hall–Kier alpha value is -2.87. The number of hydrogen-bond donors (Lipinski definition) is 0. The van der Waals surface area contributed by atoms with E-state index in [9.17, 15) is 10.1 Å². The van der Waals surface area contributed by atoms with Crippen molar-refractivity contribution in [3.05, 3.63) is 63.7 Å². The molecule has 2 aromatic carbocycles. The van der Waals surface area contributed by atoms with E-state index in [1.54, 1.807) is 37.3 Å². The number of benzene rings is 2. The number of para-hydroxylation sites is 1. The minimum absolute atomic E-state index is 0.0649. The lowest BCUT2D eigenvalue weighted by Gasteiger charge is -2.07. The van der Waals surface area contributed by atoms with E-state index in [4.69, 9.17) is 10.00 Å². The normalized spacial score (nSPS) is 9.68. The third-order valence-electron chi connectivity index (χ3n) is 2.57. The minimum Gasteiger partial charge on any atom is -0.450 e. The molecule has 0 fully saturated rings. The second-order valence-corrected chi connectivity index (χ2v) is 3.92. The maximum absolute atomic E-state index is 11.0. The summed E-state index contributed by atoms with van der Waals surface area (Å²) in [5.74, 6) is 0.563. The zero-order valence-corrected chi connectivity index (χ0v) is 10.2. The van der Waals surface area contributed by atoms with Crippen LogP contribution in [0.25, 0.3) is 0 Å². The molecular weight excluding hydrogens is 244 g/mol. The molecular formula is C14H10N2O3. The average Bonchev–Trinajstić information content (AvgIpc) is 2.38. The van der Waals surface area contributed by atoms with Gasteiger partial charge in [-0.15, -0.1) is 0 Å². The van der Waals surface area contributed by atoms with E-state index in [1.807, 2.05) is 6.07 Å². The number of nitrogens with zero attached hydrogens (tertiary/aromatic N) is 2. The van der Waals surface area contributed by atoms with Crippen molar-refractivity contribution in [3.63, 3.8) is 0 Å². The van der Waals surface area contributed by atoms with Crippen molar-refractivity contribution in [2.75, 3.05) is 0 Å². The quantitative estimate of drug-likeness (QED) is 0.619. The van der Waals surface area contributed by atoms with Crippen LogP contribution in [0.3, 0.4) is 0 Å². The number of nitriles is 1. The van der Waals surface area contributed by atoms with Crippen LogP contribution < -0.4 is 4.74 Å². The molecule has 0 aromatic heterocycles. The van der Waals surface area contributed by atoms with E-state index in [-0.39, 0.29) is 11.4 Å². The number of nitro benzene ring substituents is 1. The fourth-order valence-electron chi connectivity index (χ4n) is 1.70. The summed E-state index contributed by atoms with van der Waals surface area (Å²) in [6.07, 6.45) is 0. The summed E-state index contributed by atoms with van der Waals surface area (Å²) in [6.45, 7) is 1.65. The summed E-state index contributed by atoms with van der Waals surface area (Å²) in [7, 11) is 0. The van der Waals surface area contributed by atoms with Gasteiger partial charge in [-0.05, 0) is 31.2 Å². The Morgan fingerprint density at radius 1 is 1.26 bits per heavy atom. The van der Waals surface area contributed by atoms with Crippen molar-refractivity contribution in [2.24, 2.45) is 0 Å². The summed E-state index contributed by atoms with van der Waals surface area (Å²) in [5.41, 5.74) is 0.900. The molecule has 0 saturated heterocycles. The Bertz CT molecular complexity index is 675. The predicted octanol–water partition coefficient (Wildman–Crippen LogP) is 3.57. The molecule has 0 spiro atoms. The van der Waals surface area contributed by atoms with E-state index in [1.165, 1.54) is 12.1 Å². The summed E-state index contributed by atoms with van der Waals surface area (Å²) < 4.78 is 5.50. The van der Waals surface area contributed by atoms with Crippen molar-refractivity contribution in [3.8, 4) is 17.6 Å². The van der Waals surface area contributed by atoms with Crippen molar-refractivity contribution in [1.82, 2.24) is 0 Å². The van der Waals surface area contributed by atoms with Crippen molar-refractivity contribution < 1.29 is 9.66 Å². The number of aryl methyl sites for hydroxylation is 1. The van der Waals surface area contributed by atoms with Gasteiger partial charge in [0.1, 0.15) is 5.75 Å². The Balaban J connectivity index is 2.41. The first-order chi connectivity index (χ1) is 9.11. The molecule has 0 saturated carbocycles. The molecule has 94 valence electrons. The molecule has 0 heterocycles. The first-order valence-electron chi connectivity index (χ1n) is 5.54. The van der Waals surface area contributed by atoms with Gasteiger partial charge in [-0.25, -0.2) is 0 Å². The average molecular weight is 254 g/mol. The largest absolute Gasteiger partial charge is 0.450 e. The van der Waals surface area contributed by atoms with Gasteiger partial charge in [0.15, 0.2) is 0 Å². The monoisotopic (exact) mass is 254 g/mol. The van der Waals surface area contributed by atoms with E-state index >= 15 is 0 Å². The first kappa shape index (κ1) is 12.6. The lowest BCUT2D eigenvalue weighted by atomic mass is 10.2. The summed E-state index contributed by atoms with van der Waals surface area (Å²) >= 11 is 0. The molecule has 0 N–H and O–H groups in total. The molecule has 0 aliphatic rings. The standard InChI is InChI=1S/C14H10N2O3/c1-10-4-2-7-13(14(10)16(17)18)19-12-6-3-5-11(8-12)9-15/h2-8H,1H3. The Morgan fingerprint density at radius 2 is 2.00 bits per heavy atom. The highest BCUT2D eigenvalue weighted by Gasteiger charge is 2.18. The highest BCUT2D eigenvalue weighted by atomic mass is 16.6. The second kappa shape index (κ2) is 5.19. The van der Waals surface area contributed by atoms with Gasteiger partial charge in [0.25, 0.3) is 0 Å². The van der Waals surface area contributed by atoms with Crippen LogP contribution >= 0.6 is 0 Å². The highest BCUT2D eigenvalue weighted by molar-refractivity contribution is 5.54. The SMILES string of the molecule is Cc1cccc(Oc2cccc(C#N)c2)c1[N+](=O)[O-]. The van der Waals surface area contributed by atoms with Crippen molar-refractivity contribution >= 4 is 5.69 Å². The van der Waals surface area contributed by atoms with Crippen molar-refractivity contribution in [2.45, 2.75) is 6.92 Å². The van der Waals surface area contributed by atoms with Gasteiger partial charge >= 0.3 is 5.69 Å². The molecule has 5 nitrogen and oxygen atoms in total. The molecule has 0 aliphatic carbocycles. The van der Waals surface area contributed by atoms with Crippen LogP contribution in [0.2, 0.25) is 0 Å². The van der Waals surface area contributed by atoms with Gasteiger partial charge in [0, 0.05) is 5.56 Å². The Morgan fingerprint density at radius 3 is 2.68 bits per heavy atom. The zero-order valence-electron chi connectivity index (χ0n) is 10.2. The topological polar surface area (TPSA) is 76.2 Å². The third-order valence-corrected chi connectivity index (χ3v) is 2.57. The smallest absolute Gasteiger partial charge is 0.314 e. The van der Waals surface area contributed by atoms with E-state index < -0.39 is 4.92 Å². The van der Waals surface area contributed by atoms with Gasteiger partial charge in [-0.1, -0.05) is 18.2 Å². The highest BCUT2D eigenvalue weighted by Crippen LogP contribution is 2.33. The minimum atomic E-state index is -0.473. The molecule has 0 atom stereocenters. The number of nitro groups is 1. The van der Waals surface area contributed by atoms with Crippen LogP contribution in [-0.2, 0) is 0 Å². The van der Waals surface area contributed by atoms with Crippen LogP contribution in [0.15, 0.2) is 42.5 Å². The molecule has 0 bridgehead atoms. The predicted molar refractivity (Wildman–Crippen MR) is 69.1 cm³/mol. The lowest BCUT2D eigenvalue weighted by molar-refractivity contribution is -0.386. The summed E-state index contributed by atoms with van der Waals surface area (Å²) in [6, 6.07) is 13.3. The number of rotatable bonds is 3. The van der Waals surface area contributed by atoms with Crippen LogP contribution in [0.4, 0.5) is 5.69 Å². The molecule has 0 aliphatic heterocycles. The van der Waals surface area contributed by atoms with Crippen molar-refractivity contribution in [1.29, 1.82) is 5.26 Å². The fourth-order valence-corrected chi connectivity index (χ4v) is 1.70. The zero-order chi connectivity index (χ0) is 13.8. The molecule has 0 radical (unpaired) electrons.